The summed E-state index contributed by atoms with van der Waals surface area (Å²) in [4.78, 5) is 9.08. The van der Waals surface area contributed by atoms with E-state index >= 15 is 0 Å². The summed E-state index contributed by atoms with van der Waals surface area (Å²) in [5.74, 6) is 0.967. The Hall–Kier alpha value is -1.46. The van der Waals surface area contributed by atoms with Crippen LogP contribution in [0.15, 0.2) is 18.3 Å². The van der Waals surface area contributed by atoms with Crippen LogP contribution in [0, 0.1) is 0 Å². The molecule has 2 aromatic heterocycles. The molecule has 1 unspecified atom stereocenters. The van der Waals surface area contributed by atoms with Crippen LogP contribution in [0.5, 0.6) is 0 Å². The van der Waals surface area contributed by atoms with Crippen molar-refractivity contribution >= 4 is 11.2 Å². The van der Waals surface area contributed by atoms with Crippen LogP contribution < -0.4 is 0 Å². The number of imidazole rings is 1. The molecule has 3 rings (SSSR count). The lowest BCUT2D eigenvalue weighted by Gasteiger charge is -2.25. The number of hydrogen-bond acceptors (Lipinski definition) is 4. The number of pyridine rings is 1. The molecule has 5 heteroatoms. The molecule has 1 atom stereocenters. The van der Waals surface area contributed by atoms with E-state index in [1.165, 1.54) is 6.42 Å². The molecule has 1 saturated heterocycles. The molecule has 1 aliphatic rings. The van der Waals surface area contributed by atoms with Crippen LogP contribution in [-0.2, 0) is 11.2 Å². The molecule has 0 aliphatic carbocycles. The molecule has 0 amide bonds. The largest absolute Gasteiger partial charge is 0.396 e. The standard InChI is InChI=1S/C14H19N3O2/c18-9-4-6-12-16-11-5-3-8-15-14(11)17(12)13-7-1-2-10-19-13/h3,5,8,13,18H,1-2,4,6-7,9-10H2. The third kappa shape index (κ3) is 2.48. The van der Waals surface area contributed by atoms with E-state index in [-0.39, 0.29) is 12.8 Å². The van der Waals surface area contributed by atoms with Crippen molar-refractivity contribution < 1.29 is 9.84 Å². The molecule has 0 aromatic carbocycles. The summed E-state index contributed by atoms with van der Waals surface area (Å²) in [6, 6.07) is 3.88. The molecular formula is C14H19N3O2. The van der Waals surface area contributed by atoms with Gasteiger partial charge in [-0.05, 0) is 37.8 Å². The van der Waals surface area contributed by atoms with E-state index in [4.69, 9.17) is 9.84 Å². The molecule has 102 valence electrons. The van der Waals surface area contributed by atoms with Crippen LogP contribution in [0.1, 0.15) is 37.7 Å². The van der Waals surface area contributed by atoms with E-state index in [2.05, 4.69) is 14.5 Å². The summed E-state index contributed by atoms with van der Waals surface area (Å²) < 4.78 is 7.99. The zero-order valence-corrected chi connectivity index (χ0v) is 11.0. The van der Waals surface area contributed by atoms with Gasteiger partial charge >= 0.3 is 0 Å². The SMILES string of the molecule is OCCCc1nc2cccnc2n1C1CCCCO1. The van der Waals surface area contributed by atoms with Crippen molar-refractivity contribution in [3.8, 4) is 0 Å². The minimum absolute atomic E-state index is 0.0438. The van der Waals surface area contributed by atoms with Gasteiger partial charge in [-0.3, -0.25) is 4.57 Å². The summed E-state index contributed by atoms with van der Waals surface area (Å²) in [5.41, 5.74) is 1.80. The first-order valence-corrected chi connectivity index (χ1v) is 6.94. The predicted molar refractivity (Wildman–Crippen MR) is 71.8 cm³/mol. The average Bonchev–Trinajstić information content (AvgIpc) is 2.84. The second-order valence-corrected chi connectivity index (χ2v) is 4.89. The summed E-state index contributed by atoms with van der Waals surface area (Å²) in [5, 5.41) is 9.02. The van der Waals surface area contributed by atoms with Gasteiger partial charge in [-0.2, -0.15) is 0 Å². The van der Waals surface area contributed by atoms with Gasteiger partial charge in [0.15, 0.2) is 5.65 Å². The Morgan fingerprint density at radius 3 is 3.16 bits per heavy atom. The van der Waals surface area contributed by atoms with Crippen molar-refractivity contribution in [3.05, 3.63) is 24.2 Å². The van der Waals surface area contributed by atoms with Crippen molar-refractivity contribution in [3.63, 3.8) is 0 Å². The molecule has 0 saturated carbocycles. The zero-order chi connectivity index (χ0) is 13.1. The minimum atomic E-state index is 0.0438. The molecule has 5 nitrogen and oxygen atoms in total. The Morgan fingerprint density at radius 1 is 1.42 bits per heavy atom. The fourth-order valence-electron chi connectivity index (χ4n) is 2.62. The van der Waals surface area contributed by atoms with E-state index in [0.717, 1.165) is 49.3 Å². The second kappa shape index (κ2) is 5.67. The molecular weight excluding hydrogens is 242 g/mol. The highest BCUT2D eigenvalue weighted by molar-refractivity contribution is 5.71. The van der Waals surface area contributed by atoms with Crippen LogP contribution in [0.25, 0.3) is 11.2 Å². The number of aryl methyl sites for hydroxylation is 1. The van der Waals surface area contributed by atoms with Gasteiger partial charge in [0, 0.05) is 25.8 Å². The highest BCUT2D eigenvalue weighted by Crippen LogP contribution is 2.28. The van der Waals surface area contributed by atoms with Crippen molar-refractivity contribution in [1.29, 1.82) is 0 Å². The summed E-state index contributed by atoms with van der Waals surface area (Å²) in [6.07, 6.45) is 6.62. The maximum Gasteiger partial charge on any atom is 0.162 e. The van der Waals surface area contributed by atoms with Gasteiger partial charge in [-0.25, -0.2) is 9.97 Å². The average molecular weight is 261 g/mol. The van der Waals surface area contributed by atoms with Gasteiger partial charge in [0.2, 0.25) is 0 Å². The monoisotopic (exact) mass is 261 g/mol. The minimum Gasteiger partial charge on any atom is -0.396 e. The van der Waals surface area contributed by atoms with E-state index in [0.29, 0.717) is 0 Å². The predicted octanol–water partition coefficient (Wildman–Crippen LogP) is 2.06. The van der Waals surface area contributed by atoms with E-state index in [1.807, 2.05) is 12.1 Å². The number of aliphatic hydroxyl groups is 1. The topological polar surface area (TPSA) is 60.2 Å². The Kier molecular flexibility index (Phi) is 3.75. The Labute approximate surface area is 112 Å². The van der Waals surface area contributed by atoms with Crippen LogP contribution >= 0.6 is 0 Å². The highest BCUT2D eigenvalue weighted by atomic mass is 16.5. The normalized spacial score (nSPS) is 19.9. The quantitative estimate of drug-likeness (QED) is 0.915. The van der Waals surface area contributed by atoms with Crippen LogP contribution in [0.4, 0.5) is 0 Å². The van der Waals surface area contributed by atoms with Crippen molar-refractivity contribution in [1.82, 2.24) is 14.5 Å². The number of ether oxygens (including phenoxy) is 1. The van der Waals surface area contributed by atoms with Crippen LogP contribution in [0.3, 0.4) is 0 Å². The van der Waals surface area contributed by atoms with E-state index in [9.17, 15) is 0 Å². The van der Waals surface area contributed by atoms with Gasteiger partial charge in [-0.1, -0.05) is 0 Å². The van der Waals surface area contributed by atoms with E-state index in [1.54, 1.807) is 6.20 Å². The van der Waals surface area contributed by atoms with Crippen molar-refractivity contribution in [2.24, 2.45) is 0 Å². The third-order valence-electron chi connectivity index (χ3n) is 3.52. The number of aliphatic hydroxyl groups excluding tert-OH is 1. The first-order valence-electron chi connectivity index (χ1n) is 6.94. The molecule has 3 heterocycles. The summed E-state index contributed by atoms with van der Waals surface area (Å²) in [6.45, 7) is 0.985. The second-order valence-electron chi connectivity index (χ2n) is 4.89. The lowest BCUT2D eigenvalue weighted by Crippen LogP contribution is -2.20. The third-order valence-corrected chi connectivity index (χ3v) is 3.52. The Balaban J connectivity index is 2.01. The Morgan fingerprint density at radius 2 is 2.37 bits per heavy atom. The van der Waals surface area contributed by atoms with Gasteiger partial charge in [0.1, 0.15) is 17.6 Å². The number of rotatable bonds is 4. The van der Waals surface area contributed by atoms with Crippen LogP contribution in [0.2, 0.25) is 0 Å². The summed E-state index contributed by atoms with van der Waals surface area (Å²) >= 11 is 0. The molecule has 1 fully saturated rings. The molecule has 1 N–H and O–H groups in total. The lowest BCUT2D eigenvalue weighted by molar-refractivity contribution is -0.0314. The zero-order valence-electron chi connectivity index (χ0n) is 11.0. The molecule has 1 aliphatic heterocycles. The summed E-state index contributed by atoms with van der Waals surface area (Å²) in [7, 11) is 0. The van der Waals surface area contributed by atoms with Crippen LogP contribution in [-0.4, -0.2) is 32.9 Å². The maximum atomic E-state index is 9.02. The molecule has 2 aromatic rings. The number of aromatic nitrogens is 3. The number of hydrogen-bond donors (Lipinski definition) is 1. The van der Waals surface area contributed by atoms with E-state index < -0.39 is 0 Å². The lowest BCUT2D eigenvalue weighted by atomic mass is 10.2. The number of nitrogens with zero attached hydrogens (tertiary/aromatic N) is 3. The Bertz CT molecular complexity index is 547. The molecule has 0 spiro atoms. The van der Waals surface area contributed by atoms with Crippen molar-refractivity contribution in [2.45, 2.75) is 38.3 Å². The molecule has 19 heavy (non-hydrogen) atoms. The highest BCUT2D eigenvalue weighted by Gasteiger charge is 2.22. The maximum absolute atomic E-state index is 9.02. The van der Waals surface area contributed by atoms with Gasteiger partial charge in [0.05, 0.1) is 0 Å². The molecule has 0 bridgehead atoms. The van der Waals surface area contributed by atoms with Gasteiger partial charge < -0.3 is 9.84 Å². The molecule has 0 radical (unpaired) electrons. The van der Waals surface area contributed by atoms with Gasteiger partial charge in [0.25, 0.3) is 0 Å². The van der Waals surface area contributed by atoms with Gasteiger partial charge in [-0.15, -0.1) is 0 Å². The first kappa shape index (κ1) is 12.6. The fraction of sp³-hybridized carbons (Fsp3) is 0.571. The van der Waals surface area contributed by atoms with Crippen molar-refractivity contribution in [2.75, 3.05) is 13.2 Å². The smallest absolute Gasteiger partial charge is 0.162 e. The first-order chi connectivity index (χ1) is 9.40. The fourth-order valence-corrected chi connectivity index (χ4v) is 2.62. The number of fused-ring (bicyclic) bond motifs is 1.